The van der Waals surface area contributed by atoms with Gasteiger partial charge in [-0.15, -0.1) is 0 Å². The Morgan fingerprint density at radius 1 is 1.26 bits per heavy atom. The molecule has 0 aliphatic rings. The lowest BCUT2D eigenvalue weighted by atomic mass is 10.2. The SMILES string of the molecule is CCC(CC)NS(=O)(=O)c1ccc(CNC)cc1F. The van der Waals surface area contributed by atoms with Gasteiger partial charge in [0.15, 0.2) is 0 Å². The van der Waals surface area contributed by atoms with Crippen LogP contribution in [0.2, 0.25) is 0 Å². The van der Waals surface area contributed by atoms with Gasteiger partial charge >= 0.3 is 0 Å². The Morgan fingerprint density at radius 2 is 1.89 bits per heavy atom. The summed E-state index contributed by atoms with van der Waals surface area (Å²) >= 11 is 0. The molecule has 0 unspecified atom stereocenters. The van der Waals surface area contributed by atoms with E-state index < -0.39 is 15.8 Å². The quantitative estimate of drug-likeness (QED) is 0.807. The first kappa shape index (κ1) is 16.1. The molecule has 0 fully saturated rings. The van der Waals surface area contributed by atoms with E-state index >= 15 is 0 Å². The van der Waals surface area contributed by atoms with Gasteiger partial charge in [-0.3, -0.25) is 0 Å². The van der Waals surface area contributed by atoms with E-state index in [9.17, 15) is 12.8 Å². The fraction of sp³-hybridized carbons (Fsp3) is 0.538. The van der Waals surface area contributed by atoms with Crippen molar-refractivity contribution in [3.05, 3.63) is 29.6 Å². The molecule has 1 aromatic carbocycles. The first-order valence-electron chi connectivity index (χ1n) is 6.40. The Labute approximate surface area is 114 Å². The molecule has 0 radical (unpaired) electrons. The molecule has 0 aromatic heterocycles. The molecule has 0 heterocycles. The normalized spacial score (nSPS) is 12.1. The molecule has 4 nitrogen and oxygen atoms in total. The molecule has 6 heteroatoms. The average Bonchev–Trinajstić information content (AvgIpc) is 2.36. The number of hydrogen-bond donors (Lipinski definition) is 2. The zero-order valence-electron chi connectivity index (χ0n) is 11.5. The Balaban J connectivity index is 3.01. The summed E-state index contributed by atoms with van der Waals surface area (Å²) in [6.45, 7) is 4.28. The van der Waals surface area contributed by atoms with Crippen molar-refractivity contribution in [1.29, 1.82) is 0 Å². The van der Waals surface area contributed by atoms with Gasteiger partial charge < -0.3 is 5.32 Å². The van der Waals surface area contributed by atoms with Gasteiger partial charge in [0, 0.05) is 12.6 Å². The van der Waals surface area contributed by atoms with Gasteiger partial charge in [0.25, 0.3) is 0 Å². The lowest BCUT2D eigenvalue weighted by Crippen LogP contribution is -2.34. The summed E-state index contributed by atoms with van der Waals surface area (Å²) in [4.78, 5) is -0.292. The number of benzene rings is 1. The summed E-state index contributed by atoms with van der Waals surface area (Å²) in [5, 5.41) is 2.89. The maximum Gasteiger partial charge on any atom is 0.243 e. The van der Waals surface area contributed by atoms with E-state index in [0.29, 0.717) is 24.9 Å². The molecule has 0 saturated carbocycles. The van der Waals surface area contributed by atoms with Crippen LogP contribution >= 0.6 is 0 Å². The van der Waals surface area contributed by atoms with Crippen molar-refractivity contribution in [2.75, 3.05) is 7.05 Å². The molecule has 0 spiro atoms. The third kappa shape index (κ3) is 4.26. The van der Waals surface area contributed by atoms with Crippen LogP contribution in [-0.2, 0) is 16.6 Å². The van der Waals surface area contributed by atoms with E-state index in [1.54, 1.807) is 13.1 Å². The largest absolute Gasteiger partial charge is 0.316 e. The van der Waals surface area contributed by atoms with Gasteiger partial charge in [-0.25, -0.2) is 17.5 Å². The monoisotopic (exact) mass is 288 g/mol. The molecule has 0 aliphatic heterocycles. The minimum atomic E-state index is -3.79. The molecule has 0 aliphatic carbocycles. The maximum absolute atomic E-state index is 13.9. The molecule has 0 saturated heterocycles. The fourth-order valence-corrected chi connectivity index (χ4v) is 3.28. The van der Waals surface area contributed by atoms with Gasteiger partial charge in [0.05, 0.1) is 0 Å². The molecule has 1 aromatic rings. The summed E-state index contributed by atoms with van der Waals surface area (Å²) in [6, 6.07) is 4.01. The van der Waals surface area contributed by atoms with Crippen molar-refractivity contribution in [1.82, 2.24) is 10.0 Å². The number of sulfonamides is 1. The molecular weight excluding hydrogens is 267 g/mol. The van der Waals surface area contributed by atoms with Crippen LogP contribution in [0.4, 0.5) is 4.39 Å². The van der Waals surface area contributed by atoms with Gasteiger partial charge in [-0.2, -0.15) is 0 Å². The Morgan fingerprint density at radius 3 is 2.37 bits per heavy atom. The van der Waals surface area contributed by atoms with Crippen molar-refractivity contribution >= 4 is 10.0 Å². The number of halogens is 1. The highest BCUT2D eigenvalue weighted by Crippen LogP contribution is 2.17. The molecular formula is C13H21FN2O2S. The third-order valence-corrected chi connectivity index (χ3v) is 4.53. The maximum atomic E-state index is 13.9. The summed E-state index contributed by atoms with van der Waals surface area (Å²) in [7, 11) is -2.04. The average molecular weight is 288 g/mol. The van der Waals surface area contributed by atoms with Crippen LogP contribution in [-0.4, -0.2) is 21.5 Å². The topological polar surface area (TPSA) is 58.2 Å². The van der Waals surface area contributed by atoms with Crippen molar-refractivity contribution in [2.45, 2.75) is 44.2 Å². The Bertz CT molecular complexity index is 513. The van der Waals surface area contributed by atoms with Crippen LogP contribution < -0.4 is 10.0 Å². The van der Waals surface area contributed by atoms with Crippen LogP contribution in [0, 0.1) is 5.82 Å². The van der Waals surface area contributed by atoms with Gasteiger partial charge in [0.2, 0.25) is 10.0 Å². The molecule has 0 atom stereocenters. The first-order valence-corrected chi connectivity index (χ1v) is 7.88. The molecule has 19 heavy (non-hydrogen) atoms. The lowest BCUT2D eigenvalue weighted by Gasteiger charge is -2.15. The number of nitrogens with one attached hydrogen (secondary N) is 2. The second-order valence-corrected chi connectivity index (χ2v) is 6.11. The van der Waals surface area contributed by atoms with E-state index in [2.05, 4.69) is 10.0 Å². The highest BCUT2D eigenvalue weighted by Gasteiger charge is 2.21. The minimum absolute atomic E-state index is 0.165. The Kier molecular flexibility index (Phi) is 5.90. The van der Waals surface area contributed by atoms with Crippen LogP contribution in [0.15, 0.2) is 23.1 Å². The number of hydrogen-bond acceptors (Lipinski definition) is 3. The minimum Gasteiger partial charge on any atom is -0.316 e. The van der Waals surface area contributed by atoms with Crippen LogP contribution in [0.3, 0.4) is 0 Å². The van der Waals surface area contributed by atoms with E-state index in [1.165, 1.54) is 12.1 Å². The highest BCUT2D eigenvalue weighted by molar-refractivity contribution is 7.89. The second kappa shape index (κ2) is 6.98. The van der Waals surface area contributed by atoms with Crippen LogP contribution in [0.1, 0.15) is 32.3 Å². The van der Waals surface area contributed by atoms with Gasteiger partial charge in [0.1, 0.15) is 10.7 Å². The number of rotatable bonds is 7. The van der Waals surface area contributed by atoms with Crippen LogP contribution in [0.5, 0.6) is 0 Å². The first-order chi connectivity index (χ1) is 8.94. The summed E-state index contributed by atoms with van der Waals surface area (Å²) < 4.78 is 40.6. The van der Waals surface area contributed by atoms with E-state index in [1.807, 2.05) is 13.8 Å². The van der Waals surface area contributed by atoms with Gasteiger partial charge in [-0.05, 0) is 37.6 Å². The molecule has 2 N–H and O–H groups in total. The summed E-state index contributed by atoms with van der Waals surface area (Å²) in [5.41, 5.74) is 0.710. The lowest BCUT2D eigenvalue weighted by molar-refractivity contribution is 0.520. The molecule has 0 amide bonds. The third-order valence-electron chi connectivity index (χ3n) is 2.97. The standard InChI is InChI=1S/C13H21FN2O2S/c1-4-11(5-2)16-19(17,18)13-7-6-10(9-15-3)8-12(13)14/h6-8,11,15-16H,4-5,9H2,1-3H3. The molecule has 108 valence electrons. The van der Waals surface area contributed by atoms with E-state index in [-0.39, 0.29) is 10.9 Å². The predicted molar refractivity (Wildman–Crippen MR) is 73.9 cm³/mol. The second-order valence-electron chi connectivity index (χ2n) is 4.43. The summed E-state index contributed by atoms with van der Waals surface area (Å²) in [6.07, 6.45) is 1.35. The molecule has 1 rings (SSSR count). The summed E-state index contributed by atoms with van der Waals surface area (Å²) in [5.74, 6) is -0.716. The zero-order valence-corrected chi connectivity index (χ0v) is 12.3. The highest BCUT2D eigenvalue weighted by atomic mass is 32.2. The van der Waals surface area contributed by atoms with Crippen molar-refractivity contribution < 1.29 is 12.8 Å². The van der Waals surface area contributed by atoms with Crippen molar-refractivity contribution in [3.63, 3.8) is 0 Å². The predicted octanol–water partition coefficient (Wildman–Crippen LogP) is 2.01. The van der Waals surface area contributed by atoms with Crippen molar-refractivity contribution in [3.8, 4) is 0 Å². The van der Waals surface area contributed by atoms with Crippen molar-refractivity contribution in [2.24, 2.45) is 0 Å². The van der Waals surface area contributed by atoms with Gasteiger partial charge in [-0.1, -0.05) is 19.9 Å². The Hall–Kier alpha value is -0.980. The molecule has 0 bridgehead atoms. The fourth-order valence-electron chi connectivity index (χ4n) is 1.81. The van der Waals surface area contributed by atoms with E-state index in [4.69, 9.17) is 0 Å². The van der Waals surface area contributed by atoms with E-state index in [0.717, 1.165) is 0 Å². The smallest absolute Gasteiger partial charge is 0.243 e. The van der Waals surface area contributed by atoms with Crippen LogP contribution in [0.25, 0.3) is 0 Å². The zero-order chi connectivity index (χ0) is 14.5.